The summed E-state index contributed by atoms with van der Waals surface area (Å²) >= 11 is 0. The number of halogens is 3. The number of rotatable bonds is 5. The van der Waals surface area contributed by atoms with E-state index in [2.05, 4.69) is 15.4 Å². The number of aromatic nitrogens is 3. The van der Waals surface area contributed by atoms with Crippen molar-refractivity contribution in [2.45, 2.75) is 32.6 Å². The molecule has 1 atom stereocenters. The van der Waals surface area contributed by atoms with E-state index in [1.165, 1.54) is 6.20 Å². The highest BCUT2D eigenvalue weighted by molar-refractivity contribution is 5.76. The summed E-state index contributed by atoms with van der Waals surface area (Å²) in [5.74, 6) is -2.33. The highest BCUT2D eigenvalue weighted by atomic mass is 19.4. The standard InChI is InChI=1S/C13H16F3N5O/c1-8(13(14,15)16)2-12(22)18-5-9-3-11-20-10(4-17)7-21(11)19-6-9/h3,6-8H,2,4-5,17H2,1H3,(H,18,22). The second-order valence-electron chi connectivity index (χ2n) is 5.03. The minimum absolute atomic E-state index is 0.0950. The van der Waals surface area contributed by atoms with Crippen LogP contribution < -0.4 is 11.1 Å². The molecule has 0 aromatic carbocycles. The molecule has 0 spiro atoms. The van der Waals surface area contributed by atoms with E-state index >= 15 is 0 Å². The van der Waals surface area contributed by atoms with E-state index in [0.29, 0.717) is 16.9 Å². The lowest BCUT2D eigenvalue weighted by atomic mass is 10.1. The van der Waals surface area contributed by atoms with Crippen LogP contribution in [0.1, 0.15) is 24.6 Å². The Morgan fingerprint density at radius 3 is 2.86 bits per heavy atom. The number of imidazole rings is 1. The van der Waals surface area contributed by atoms with Gasteiger partial charge >= 0.3 is 6.18 Å². The molecule has 0 saturated heterocycles. The lowest BCUT2D eigenvalue weighted by Gasteiger charge is -2.14. The van der Waals surface area contributed by atoms with Crippen LogP contribution in [0.2, 0.25) is 0 Å². The van der Waals surface area contributed by atoms with Crippen LogP contribution in [0.4, 0.5) is 13.2 Å². The zero-order chi connectivity index (χ0) is 16.3. The van der Waals surface area contributed by atoms with Gasteiger partial charge in [-0.2, -0.15) is 18.3 Å². The Labute approximate surface area is 124 Å². The van der Waals surface area contributed by atoms with Crippen molar-refractivity contribution in [2.24, 2.45) is 11.7 Å². The SMILES string of the molecule is CC(CC(=O)NCc1cnn2cc(CN)nc2c1)C(F)(F)F. The number of hydrogen-bond acceptors (Lipinski definition) is 4. The Kier molecular flexibility index (Phi) is 4.65. The average molecular weight is 315 g/mol. The molecule has 22 heavy (non-hydrogen) atoms. The third kappa shape index (κ3) is 3.94. The van der Waals surface area contributed by atoms with Crippen molar-refractivity contribution in [1.29, 1.82) is 0 Å². The summed E-state index contributed by atoms with van der Waals surface area (Å²) in [6.45, 7) is 1.36. The van der Waals surface area contributed by atoms with E-state index in [-0.39, 0.29) is 13.1 Å². The largest absolute Gasteiger partial charge is 0.392 e. The fourth-order valence-corrected chi connectivity index (χ4v) is 1.83. The lowest BCUT2D eigenvalue weighted by Crippen LogP contribution is -2.29. The van der Waals surface area contributed by atoms with E-state index in [9.17, 15) is 18.0 Å². The molecule has 0 saturated carbocycles. The zero-order valence-electron chi connectivity index (χ0n) is 11.9. The molecular weight excluding hydrogens is 299 g/mol. The molecule has 120 valence electrons. The normalized spacial score (nSPS) is 13.3. The molecule has 0 bridgehead atoms. The zero-order valence-corrected chi connectivity index (χ0v) is 11.9. The molecular formula is C13H16F3N5O. The first-order valence-corrected chi connectivity index (χ1v) is 6.66. The van der Waals surface area contributed by atoms with Crippen molar-refractivity contribution in [3.63, 3.8) is 0 Å². The third-order valence-corrected chi connectivity index (χ3v) is 3.18. The Bertz CT molecular complexity index is 667. The Morgan fingerprint density at radius 1 is 1.50 bits per heavy atom. The topological polar surface area (TPSA) is 85.3 Å². The first kappa shape index (κ1) is 16.2. The monoisotopic (exact) mass is 315 g/mol. The second-order valence-corrected chi connectivity index (χ2v) is 5.03. The third-order valence-electron chi connectivity index (χ3n) is 3.18. The van der Waals surface area contributed by atoms with Crippen LogP contribution in [0, 0.1) is 5.92 Å². The van der Waals surface area contributed by atoms with Crippen LogP contribution in [0.5, 0.6) is 0 Å². The first-order chi connectivity index (χ1) is 10.3. The molecule has 2 aromatic rings. The quantitative estimate of drug-likeness (QED) is 0.873. The van der Waals surface area contributed by atoms with Crippen molar-refractivity contribution in [2.75, 3.05) is 0 Å². The number of hydrogen-bond donors (Lipinski definition) is 2. The summed E-state index contributed by atoms with van der Waals surface area (Å²) < 4.78 is 38.7. The molecule has 6 nitrogen and oxygen atoms in total. The van der Waals surface area contributed by atoms with E-state index in [4.69, 9.17) is 5.73 Å². The first-order valence-electron chi connectivity index (χ1n) is 6.66. The average Bonchev–Trinajstić information content (AvgIpc) is 2.86. The smallest absolute Gasteiger partial charge is 0.352 e. The Hall–Kier alpha value is -2.16. The number of carbonyl (C=O) groups is 1. The highest BCUT2D eigenvalue weighted by Crippen LogP contribution is 2.27. The van der Waals surface area contributed by atoms with Crippen molar-refractivity contribution >= 4 is 11.6 Å². The number of nitrogens with two attached hydrogens (primary N) is 1. The van der Waals surface area contributed by atoms with Gasteiger partial charge in [-0.15, -0.1) is 0 Å². The van der Waals surface area contributed by atoms with Crippen LogP contribution in [-0.2, 0) is 17.9 Å². The van der Waals surface area contributed by atoms with Gasteiger partial charge in [0.15, 0.2) is 5.65 Å². The predicted molar refractivity (Wildman–Crippen MR) is 72.6 cm³/mol. The minimum Gasteiger partial charge on any atom is -0.352 e. The number of nitrogens with one attached hydrogen (secondary N) is 1. The summed E-state index contributed by atoms with van der Waals surface area (Å²) in [5.41, 5.74) is 7.37. The van der Waals surface area contributed by atoms with Gasteiger partial charge in [-0.05, 0) is 11.6 Å². The predicted octanol–water partition coefficient (Wildman–Crippen LogP) is 1.39. The highest BCUT2D eigenvalue weighted by Gasteiger charge is 2.37. The van der Waals surface area contributed by atoms with Gasteiger partial charge in [-0.1, -0.05) is 6.92 Å². The molecule has 1 unspecified atom stereocenters. The molecule has 2 aromatic heterocycles. The summed E-state index contributed by atoms with van der Waals surface area (Å²) in [6.07, 6.45) is -1.77. The number of carbonyl (C=O) groups excluding carboxylic acids is 1. The maximum atomic E-state index is 12.4. The maximum absolute atomic E-state index is 12.4. The van der Waals surface area contributed by atoms with Crippen molar-refractivity contribution < 1.29 is 18.0 Å². The summed E-state index contributed by atoms with van der Waals surface area (Å²) in [5, 5.41) is 6.54. The fourth-order valence-electron chi connectivity index (χ4n) is 1.83. The number of amides is 1. The molecule has 1 amide bonds. The number of alkyl halides is 3. The minimum atomic E-state index is -4.37. The van der Waals surface area contributed by atoms with E-state index in [1.54, 1.807) is 16.8 Å². The molecule has 3 N–H and O–H groups in total. The summed E-state index contributed by atoms with van der Waals surface area (Å²) in [4.78, 5) is 15.7. The summed E-state index contributed by atoms with van der Waals surface area (Å²) in [6, 6.07) is 1.69. The Morgan fingerprint density at radius 2 is 2.23 bits per heavy atom. The summed E-state index contributed by atoms with van der Waals surface area (Å²) in [7, 11) is 0. The number of nitrogens with zero attached hydrogens (tertiary/aromatic N) is 3. The van der Waals surface area contributed by atoms with Crippen LogP contribution in [0.15, 0.2) is 18.5 Å². The lowest BCUT2D eigenvalue weighted by molar-refractivity contribution is -0.174. The molecule has 2 rings (SSSR count). The molecule has 0 radical (unpaired) electrons. The fraction of sp³-hybridized carbons (Fsp3) is 0.462. The van der Waals surface area contributed by atoms with Gasteiger partial charge in [0.2, 0.25) is 5.91 Å². The van der Waals surface area contributed by atoms with Crippen molar-refractivity contribution in [3.8, 4) is 0 Å². The molecule has 0 aliphatic heterocycles. The van der Waals surface area contributed by atoms with E-state index in [0.717, 1.165) is 6.92 Å². The van der Waals surface area contributed by atoms with Crippen LogP contribution in [0.25, 0.3) is 5.65 Å². The van der Waals surface area contributed by atoms with E-state index in [1.807, 2.05) is 0 Å². The van der Waals surface area contributed by atoms with Gasteiger partial charge < -0.3 is 11.1 Å². The molecule has 0 aliphatic carbocycles. The van der Waals surface area contributed by atoms with Gasteiger partial charge in [-0.3, -0.25) is 4.79 Å². The van der Waals surface area contributed by atoms with Crippen molar-refractivity contribution in [1.82, 2.24) is 19.9 Å². The van der Waals surface area contributed by atoms with Crippen LogP contribution >= 0.6 is 0 Å². The van der Waals surface area contributed by atoms with E-state index < -0.39 is 24.4 Å². The van der Waals surface area contributed by atoms with Crippen LogP contribution in [-0.4, -0.2) is 26.7 Å². The number of fused-ring (bicyclic) bond motifs is 1. The van der Waals surface area contributed by atoms with Gasteiger partial charge in [-0.25, -0.2) is 9.50 Å². The van der Waals surface area contributed by atoms with Crippen LogP contribution in [0.3, 0.4) is 0 Å². The van der Waals surface area contributed by atoms with Crippen molar-refractivity contribution in [3.05, 3.63) is 29.7 Å². The molecule has 2 heterocycles. The second kappa shape index (κ2) is 6.30. The van der Waals surface area contributed by atoms with Gasteiger partial charge in [0.1, 0.15) is 0 Å². The van der Waals surface area contributed by atoms with Gasteiger partial charge in [0.25, 0.3) is 0 Å². The van der Waals surface area contributed by atoms with Gasteiger partial charge in [0, 0.05) is 19.5 Å². The van der Waals surface area contributed by atoms with Gasteiger partial charge in [0.05, 0.1) is 24.0 Å². The maximum Gasteiger partial charge on any atom is 0.392 e. The molecule has 0 fully saturated rings. The molecule has 0 aliphatic rings. The molecule has 9 heteroatoms. The Balaban J connectivity index is 1.95.